The van der Waals surface area contributed by atoms with E-state index in [-0.39, 0.29) is 17.4 Å². The summed E-state index contributed by atoms with van der Waals surface area (Å²) in [6.45, 7) is 4.73. The number of nitrogens with two attached hydrogens (primary N) is 1. The predicted octanol–water partition coefficient (Wildman–Crippen LogP) is 2.59. The molecule has 0 aromatic rings. The Bertz CT molecular complexity index is 232. The summed E-state index contributed by atoms with van der Waals surface area (Å²) in [6.07, 6.45) is 8.88. The Hall–Kier alpha value is -0.570. The zero-order chi connectivity index (χ0) is 12.7. The Labute approximate surface area is 106 Å². The highest BCUT2D eigenvalue weighted by atomic mass is 16.2. The number of nitrogens with one attached hydrogen (secondary N) is 1. The van der Waals surface area contributed by atoms with E-state index in [1.54, 1.807) is 0 Å². The monoisotopic (exact) mass is 240 g/mol. The lowest BCUT2D eigenvalue weighted by Gasteiger charge is -2.31. The summed E-state index contributed by atoms with van der Waals surface area (Å²) >= 11 is 0. The average Bonchev–Trinajstić information content (AvgIpc) is 2.55. The number of rotatable bonds is 5. The Kier molecular flexibility index (Phi) is 5.96. The molecule has 1 rings (SSSR count). The van der Waals surface area contributed by atoms with Crippen LogP contribution in [0, 0.1) is 5.41 Å². The van der Waals surface area contributed by atoms with Crippen molar-refractivity contribution in [1.29, 1.82) is 0 Å². The van der Waals surface area contributed by atoms with Crippen molar-refractivity contribution < 1.29 is 4.79 Å². The second-order valence-electron chi connectivity index (χ2n) is 5.56. The van der Waals surface area contributed by atoms with Crippen molar-refractivity contribution in [3.8, 4) is 0 Å². The van der Waals surface area contributed by atoms with Crippen LogP contribution in [-0.4, -0.2) is 18.5 Å². The zero-order valence-electron chi connectivity index (χ0n) is 11.4. The lowest BCUT2D eigenvalue weighted by atomic mass is 9.79. The zero-order valence-corrected chi connectivity index (χ0v) is 11.4. The van der Waals surface area contributed by atoms with Crippen LogP contribution >= 0.6 is 0 Å². The minimum absolute atomic E-state index is 0.197. The first-order valence-electron chi connectivity index (χ1n) is 7.15. The van der Waals surface area contributed by atoms with Crippen LogP contribution in [0.4, 0.5) is 0 Å². The number of carbonyl (C=O) groups is 1. The van der Waals surface area contributed by atoms with Gasteiger partial charge in [-0.3, -0.25) is 4.79 Å². The lowest BCUT2D eigenvalue weighted by Crippen LogP contribution is -2.48. The minimum atomic E-state index is -0.279. The highest BCUT2D eigenvalue weighted by Crippen LogP contribution is 2.34. The molecule has 0 bridgehead atoms. The quantitative estimate of drug-likeness (QED) is 0.726. The lowest BCUT2D eigenvalue weighted by molar-refractivity contribution is -0.132. The molecule has 0 aliphatic heterocycles. The third kappa shape index (κ3) is 3.98. The normalized spacial score (nSPS) is 21.6. The van der Waals surface area contributed by atoms with E-state index in [0.717, 1.165) is 38.5 Å². The molecule has 0 aromatic carbocycles. The molecule has 0 aromatic heterocycles. The molecule has 0 radical (unpaired) electrons. The fourth-order valence-electron chi connectivity index (χ4n) is 2.81. The van der Waals surface area contributed by atoms with Gasteiger partial charge in [-0.25, -0.2) is 0 Å². The standard InChI is InChI=1S/C14H28N2O/c1-3-8-12(2)16-13(17)14(11-15)9-6-4-5-7-10-14/h12H,3-11,15H2,1-2H3,(H,16,17). The molecule has 17 heavy (non-hydrogen) atoms. The molecule has 1 atom stereocenters. The van der Waals surface area contributed by atoms with Gasteiger partial charge in [-0.15, -0.1) is 0 Å². The molecule has 0 spiro atoms. The third-order valence-corrected chi connectivity index (χ3v) is 4.03. The van der Waals surface area contributed by atoms with Gasteiger partial charge >= 0.3 is 0 Å². The van der Waals surface area contributed by atoms with Crippen molar-refractivity contribution in [3.05, 3.63) is 0 Å². The van der Waals surface area contributed by atoms with Gasteiger partial charge in [0.05, 0.1) is 5.41 Å². The summed E-state index contributed by atoms with van der Waals surface area (Å²) in [5.74, 6) is 0.197. The Morgan fingerprint density at radius 1 is 1.29 bits per heavy atom. The average molecular weight is 240 g/mol. The predicted molar refractivity (Wildman–Crippen MR) is 71.7 cm³/mol. The van der Waals surface area contributed by atoms with Crippen LogP contribution in [0.25, 0.3) is 0 Å². The van der Waals surface area contributed by atoms with Crippen molar-refractivity contribution in [1.82, 2.24) is 5.32 Å². The maximum atomic E-state index is 12.4. The highest BCUT2D eigenvalue weighted by Gasteiger charge is 2.37. The number of amides is 1. The third-order valence-electron chi connectivity index (χ3n) is 4.03. The maximum absolute atomic E-state index is 12.4. The van der Waals surface area contributed by atoms with Gasteiger partial charge in [0.15, 0.2) is 0 Å². The summed E-state index contributed by atoms with van der Waals surface area (Å²) in [7, 11) is 0. The SMILES string of the molecule is CCCC(C)NC(=O)C1(CN)CCCCCC1. The van der Waals surface area contributed by atoms with Crippen molar-refractivity contribution in [2.75, 3.05) is 6.54 Å². The van der Waals surface area contributed by atoms with Crippen LogP contribution < -0.4 is 11.1 Å². The molecule has 1 saturated carbocycles. The van der Waals surface area contributed by atoms with E-state index in [0.29, 0.717) is 6.54 Å². The van der Waals surface area contributed by atoms with Gasteiger partial charge in [-0.1, -0.05) is 39.0 Å². The van der Waals surface area contributed by atoms with Gasteiger partial charge in [0, 0.05) is 12.6 Å². The van der Waals surface area contributed by atoms with E-state index >= 15 is 0 Å². The molecule has 0 heterocycles. The summed E-state index contributed by atoms with van der Waals surface area (Å²) < 4.78 is 0. The smallest absolute Gasteiger partial charge is 0.227 e. The Balaban J connectivity index is 2.60. The van der Waals surface area contributed by atoms with E-state index in [1.165, 1.54) is 12.8 Å². The molecule has 1 fully saturated rings. The molecule has 3 heteroatoms. The van der Waals surface area contributed by atoms with Crippen LogP contribution in [0.3, 0.4) is 0 Å². The number of hydrogen-bond acceptors (Lipinski definition) is 2. The van der Waals surface area contributed by atoms with Gasteiger partial charge in [-0.05, 0) is 26.2 Å². The van der Waals surface area contributed by atoms with Gasteiger partial charge in [0.1, 0.15) is 0 Å². The van der Waals surface area contributed by atoms with Crippen molar-refractivity contribution in [2.45, 2.75) is 71.3 Å². The van der Waals surface area contributed by atoms with Crippen molar-refractivity contribution in [3.63, 3.8) is 0 Å². The first kappa shape index (κ1) is 14.5. The summed E-state index contributed by atoms with van der Waals surface area (Å²) in [4.78, 5) is 12.4. The number of carbonyl (C=O) groups excluding carboxylic acids is 1. The second kappa shape index (κ2) is 7.00. The molecular formula is C14H28N2O. The van der Waals surface area contributed by atoms with E-state index in [9.17, 15) is 4.79 Å². The van der Waals surface area contributed by atoms with Gasteiger partial charge in [0.2, 0.25) is 5.91 Å². The summed E-state index contributed by atoms with van der Waals surface area (Å²) in [5, 5.41) is 3.15. The van der Waals surface area contributed by atoms with Crippen LogP contribution in [0.1, 0.15) is 65.2 Å². The molecular weight excluding hydrogens is 212 g/mol. The molecule has 3 nitrogen and oxygen atoms in total. The Morgan fingerprint density at radius 2 is 1.88 bits per heavy atom. The van der Waals surface area contributed by atoms with Crippen LogP contribution in [0.2, 0.25) is 0 Å². The van der Waals surface area contributed by atoms with Crippen LogP contribution in [0.15, 0.2) is 0 Å². The molecule has 0 saturated heterocycles. The highest BCUT2D eigenvalue weighted by molar-refractivity contribution is 5.83. The molecule has 3 N–H and O–H groups in total. The van der Waals surface area contributed by atoms with Crippen molar-refractivity contribution in [2.24, 2.45) is 11.1 Å². The van der Waals surface area contributed by atoms with Gasteiger partial charge < -0.3 is 11.1 Å². The first-order valence-corrected chi connectivity index (χ1v) is 7.15. The topological polar surface area (TPSA) is 55.1 Å². The molecule has 100 valence electrons. The molecule has 1 unspecified atom stereocenters. The van der Waals surface area contributed by atoms with Crippen LogP contribution in [-0.2, 0) is 4.79 Å². The van der Waals surface area contributed by atoms with Gasteiger partial charge in [-0.2, -0.15) is 0 Å². The van der Waals surface area contributed by atoms with Gasteiger partial charge in [0.25, 0.3) is 0 Å². The van der Waals surface area contributed by atoms with E-state index in [4.69, 9.17) is 5.73 Å². The molecule has 1 aliphatic carbocycles. The van der Waals surface area contributed by atoms with E-state index < -0.39 is 0 Å². The van der Waals surface area contributed by atoms with Crippen molar-refractivity contribution >= 4 is 5.91 Å². The second-order valence-corrected chi connectivity index (χ2v) is 5.56. The number of hydrogen-bond donors (Lipinski definition) is 2. The molecule has 1 amide bonds. The summed E-state index contributed by atoms with van der Waals surface area (Å²) in [6, 6.07) is 0.277. The minimum Gasteiger partial charge on any atom is -0.353 e. The van der Waals surface area contributed by atoms with E-state index in [1.807, 2.05) is 0 Å². The maximum Gasteiger partial charge on any atom is 0.227 e. The van der Waals surface area contributed by atoms with E-state index in [2.05, 4.69) is 19.2 Å². The fourth-order valence-corrected chi connectivity index (χ4v) is 2.81. The summed E-state index contributed by atoms with van der Waals surface area (Å²) in [5.41, 5.74) is 5.62. The fraction of sp³-hybridized carbons (Fsp3) is 0.929. The first-order chi connectivity index (χ1) is 8.14. The Morgan fingerprint density at radius 3 is 2.35 bits per heavy atom. The van der Waals surface area contributed by atoms with Crippen LogP contribution in [0.5, 0.6) is 0 Å². The molecule has 1 aliphatic rings. The largest absolute Gasteiger partial charge is 0.353 e.